The van der Waals surface area contributed by atoms with Crippen LogP contribution in [0.1, 0.15) is 25.7 Å². The summed E-state index contributed by atoms with van der Waals surface area (Å²) in [4.78, 5) is 2.66. The second-order valence-electron chi connectivity index (χ2n) is 4.27. The van der Waals surface area contributed by atoms with Crippen molar-refractivity contribution >= 4 is 0 Å². The van der Waals surface area contributed by atoms with Crippen molar-refractivity contribution in [1.29, 1.82) is 0 Å². The van der Waals surface area contributed by atoms with Crippen molar-refractivity contribution in [2.24, 2.45) is 0 Å². The largest absolute Gasteiger partial charge is 0.317 e. The Labute approximate surface area is 81.0 Å². The topological polar surface area (TPSA) is 15.3 Å². The number of nitrogens with zero attached hydrogens (tertiary/aromatic N) is 1. The van der Waals surface area contributed by atoms with Crippen LogP contribution >= 0.6 is 0 Å². The molecule has 0 radical (unpaired) electrons. The van der Waals surface area contributed by atoms with E-state index in [-0.39, 0.29) is 0 Å². The van der Waals surface area contributed by atoms with Gasteiger partial charge >= 0.3 is 0 Å². The summed E-state index contributed by atoms with van der Waals surface area (Å²) in [5.41, 5.74) is 1.45. The van der Waals surface area contributed by atoms with Gasteiger partial charge in [-0.1, -0.05) is 12.2 Å². The van der Waals surface area contributed by atoms with Gasteiger partial charge in [0.1, 0.15) is 0 Å². The molecule has 2 rings (SSSR count). The zero-order valence-electron chi connectivity index (χ0n) is 8.39. The van der Waals surface area contributed by atoms with Crippen LogP contribution in [-0.4, -0.2) is 37.1 Å². The highest BCUT2D eigenvalue weighted by molar-refractivity contribution is 5.00. The van der Waals surface area contributed by atoms with Crippen molar-refractivity contribution in [3.05, 3.63) is 12.2 Å². The second kappa shape index (κ2) is 4.25. The van der Waals surface area contributed by atoms with Crippen LogP contribution in [-0.2, 0) is 0 Å². The Morgan fingerprint density at radius 2 is 1.77 bits per heavy atom. The van der Waals surface area contributed by atoms with Gasteiger partial charge in [-0.2, -0.15) is 0 Å². The van der Waals surface area contributed by atoms with Gasteiger partial charge in [0.2, 0.25) is 0 Å². The summed E-state index contributed by atoms with van der Waals surface area (Å²) in [7, 11) is 0. The normalized spacial score (nSPS) is 27.8. The van der Waals surface area contributed by atoms with Crippen LogP contribution in [0.3, 0.4) is 0 Å². The quantitative estimate of drug-likeness (QED) is 0.613. The van der Waals surface area contributed by atoms with Crippen LogP contribution < -0.4 is 5.32 Å². The molecule has 0 aliphatic carbocycles. The van der Waals surface area contributed by atoms with Crippen LogP contribution in [0.2, 0.25) is 0 Å². The summed E-state index contributed by atoms with van der Waals surface area (Å²) in [6, 6.07) is 0.856. The van der Waals surface area contributed by atoms with E-state index in [1.165, 1.54) is 57.4 Å². The molecule has 0 aromatic carbocycles. The Hall–Kier alpha value is -0.340. The van der Waals surface area contributed by atoms with Crippen molar-refractivity contribution in [2.75, 3.05) is 26.2 Å². The van der Waals surface area contributed by atoms with Crippen LogP contribution in [0.5, 0.6) is 0 Å². The van der Waals surface area contributed by atoms with Gasteiger partial charge < -0.3 is 5.32 Å². The van der Waals surface area contributed by atoms with E-state index >= 15 is 0 Å². The number of likely N-dealkylation sites (tertiary alicyclic amines) is 1. The molecule has 2 fully saturated rings. The number of hydrogen-bond acceptors (Lipinski definition) is 2. The molecule has 2 saturated heterocycles. The van der Waals surface area contributed by atoms with Crippen molar-refractivity contribution in [2.45, 2.75) is 31.7 Å². The molecule has 0 aromatic heterocycles. The molecule has 2 heterocycles. The molecule has 0 spiro atoms. The highest BCUT2D eigenvalue weighted by atomic mass is 15.2. The van der Waals surface area contributed by atoms with Gasteiger partial charge in [0, 0.05) is 19.1 Å². The summed E-state index contributed by atoms with van der Waals surface area (Å²) < 4.78 is 0. The molecule has 13 heavy (non-hydrogen) atoms. The maximum atomic E-state index is 4.05. The van der Waals surface area contributed by atoms with E-state index in [9.17, 15) is 0 Å². The molecular weight excluding hydrogens is 160 g/mol. The first-order valence-electron chi connectivity index (χ1n) is 5.47. The minimum atomic E-state index is 0.856. The summed E-state index contributed by atoms with van der Waals surface area (Å²) in [5.74, 6) is 0. The maximum Gasteiger partial charge on any atom is 0.0120 e. The molecule has 2 aliphatic rings. The molecule has 2 heteroatoms. The van der Waals surface area contributed by atoms with Crippen LogP contribution in [0.4, 0.5) is 0 Å². The third kappa shape index (κ3) is 2.32. The summed E-state index contributed by atoms with van der Waals surface area (Å²) >= 11 is 0. The third-order valence-electron chi connectivity index (χ3n) is 3.33. The molecule has 0 bridgehead atoms. The molecule has 0 saturated carbocycles. The summed E-state index contributed by atoms with van der Waals surface area (Å²) in [6.07, 6.45) is 5.13. The van der Waals surface area contributed by atoms with Gasteiger partial charge in [-0.15, -0.1) is 0 Å². The van der Waals surface area contributed by atoms with E-state index in [2.05, 4.69) is 16.8 Å². The Balaban J connectivity index is 1.82. The monoisotopic (exact) mass is 180 g/mol. The predicted octanol–water partition coefficient (Wildman–Crippen LogP) is 1.39. The SMILES string of the molecule is C=C1CCN(C2CCNCC2)CC1. The fraction of sp³-hybridized carbons (Fsp3) is 0.818. The van der Waals surface area contributed by atoms with Crippen molar-refractivity contribution in [3.8, 4) is 0 Å². The fourth-order valence-corrected chi connectivity index (χ4v) is 2.38. The number of rotatable bonds is 1. The number of hydrogen-bond donors (Lipinski definition) is 1. The molecule has 0 atom stereocenters. The lowest BCUT2D eigenvalue weighted by molar-refractivity contribution is 0.152. The Morgan fingerprint density at radius 1 is 1.15 bits per heavy atom. The van der Waals surface area contributed by atoms with Gasteiger partial charge in [-0.3, -0.25) is 4.90 Å². The average Bonchev–Trinajstić information content (AvgIpc) is 2.20. The first-order chi connectivity index (χ1) is 6.36. The van der Waals surface area contributed by atoms with E-state index in [0.717, 1.165) is 6.04 Å². The summed E-state index contributed by atoms with van der Waals surface area (Å²) in [5, 5.41) is 3.42. The molecule has 74 valence electrons. The minimum Gasteiger partial charge on any atom is -0.317 e. The second-order valence-corrected chi connectivity index (χ2v) is 4.27. The zero-order chi connectivity index (χ0) is 9.10. The van der Waals surface area contributed by atoms with Crippen LogP contribution in [0, 0.1) is 0 Å². The standard InChI is InChI=1S/C11H20N2/c1-10-4-8-13(9-5-10)11-2-6-12-7-3-11/h11-12H,1-9H2. The van der Waals surface area contributed by atoms with Gasteiger partial charge in [0.15, 0.2) is 0 Å². The molecule has 2 aliphatic heterocycles. The van der Waals surface area contributed by atoms with E-state index in [1.54, 1.807) is 0 Å². The van der Waals surface area contributed by atoms with Crippen molar-refractivity contribution < 1.29 is 0 Å². The number of piperidine rings is 2. The van der Waals surface area contributed by atoms with E-state index in [4.69, 9.17) is 0 Å². The Bertz CT molecular complexity index is 173. The Kier molecular flexibility index (Phi) is 3.01. The highest BCUT2D eigenvalue weighted by Crippen LogP contribution is 2.20. The fourth-order valence-electron chi connectivity index (χ4n) is 2.38. The molecule has 0 aromatic rings. The van der Waals surface area contributed by atoms with E-state index in [1.807, 2.05) is 0 Å². The predicted molar refractivity (Wildman–Crippen MR) is 55.8 cm³/mol. The molecule has 2 nitrogen and oxygen atoms in total. The first kappa shape index (κ1) is 9.22. The molecule has 0 amide bonds. The summed E-state index contributed by atoms with van der Waals surface area (Å²) in [6.45, 7) is 8.98. The van der Waals surface area contributed by atoms with Crippen LogP contribution in [0.15, 0.2) is 12.2 Å². The van der Waals surface area contributed by atoms with Gasteiger partial charge in [0.25, 0.3) is 0 Å². The van der Waals surface area contributed by atoms with Crippen molar-refractivity contribution in [3.63, 3.8) is 0 Å². The molecule has 0 unspecified atom stereocenters. The minimum absolute atomic E-state index is 0.856. The van der Waals surface area contributed by atoms with Gasteiger partial charge in [-0.05, 0) is 38.8 Å². The molecular formula is C11H20N2. The third-order valence-corrected chi connectivity index (χ3v) is 3.33. The lowest BCUT2D eigenvalue weighted by atomic mass is 9.99. The lowest BCUT2D eigenvalue weighted by Gasteiger charge is -2.37. The smallest absolute Gasteiger partial charge is 0.0120 e. The Morgan fingerprint density at radius 3 is 2.38 bits per heavy atom. The molecule has 1 N–H and O–H groups in total. The van der Waals surface area contributed by atoms with Gasteiger partial charge in [0.05, 0.1) is 0 Å². The van der Waals surface area contributed by atoms with E-state index in [0.29, 0.717) is 0 Å². The average molecular weight is 180 g/mol. The van der Waals surface area contributed by atoms with Crippen molar-refractivity contribution in [1.82, 2.24) is 10.2 Å². The van der Waals surface area contributed by atoms with Crippen LogP contribution in [0.25, 0.3) is 0 Å². The van der Waals surface area contributed by atoms with Gasteiger partial charge in [-0.25, -0.2) is 0 Å². The number of nitrogens with one attached hydrogen (secondary N) is 1. The maximum absolute atomic E-state index is 4.05. The first-order valence-corrected chi connectivity index (χ1v) is 5.47. The zero-order valence-corrected chi connectivity index (χ0v) is 8.39. The van der Waals surface area contributed by atoms with E-state index < -0.39 is 0 Å². The highest BCUT2D eigenvalue weighted by Gasteiger charge is 2.22. The lowest BCUT2D eigenvalue weighted by Crippen LogP contribution is -2.45.